The fraction of sp³-hybridized carbons (Fsp3) is 0.600. The van der Waals surface area contributed by atoms with Gasteiger partial charge >= 0.3 is 29.8 Å². The number of aliphatic hydroxyl groups is 1. The van der Waals surface area contributed by atoms with Crippen LogP contribution < -0.4 is 0 Å². The molecule has 0 amide bonds. The molecule has 48 heavy (non-hydrogen) atoms. The van der Waals surface area contributed by atoms with Crippen LogP contribution in [0.5, 0.6) is 0 Å². The van der Waals surface area contributed by atoms with E-state index in [2.05, 4.69) is 0 Å². The molecule has 4 aliphatic rings. The van der Waals surface area contributed by atoms with Crippen molar-refractivity contribution >= 4 is 35.6 Å². The molecule has 0 radical (unpaired) electrons. The number of carbonyl (C=O) groups is 6. The van der Waals surface area contributed by atoms with Crippen LogP contribution in [0, 0.1) is 16.7 Å². The summed E-state index contributed by atoms with van der Waals surface area (Å²) in [6.07, 6.45) is -7.15. The summed E-state index contributed by atoms with van der Waals surface area (Å²) in [4.78, 5) is 79.8. The molecule has 2 saturated carbocycles. The number of hydrogen-bond acceptors (Lipinski definition) is 13. The van der Waals surface area contributed by atoms with Crippen LogP contribution in [-0.4, -0.2) is 89.1 Å². The standard InChI is InChI=1S/C35H42O13/c1-17-23(44-18(2)36)15-35(42)30(47-31(41)22-12-10-9-11-13-22)28-33(8,29(40)27(46-20(4)38)26(17)32(35,6)7)24(45-19(3)37)14-25-34(28,16-43-25)48-21(5)39/h9-13,23-25,27-28,30,42H,14-16H2,1-8H3/t23-,24-,25+,27+,28?,30-,33+,34-,35+/m0/s1. The Balaban J connectivity index is 1.90. The van der Waals surface area contributed by atoms with Crippen molar-refractivity contribution in [2.75, 3.05) is 6.61 Å². The second kappa shape index (κ2) is 12.1. The van der Waals surface area contributed by atoms with Crippen molar-refractivity contribution in [2.24, 2.45) is 16.7 Å². The minimum Gasteiger partial charge on any atom is -0.461 e. The number of carbonyl (C=O) groups excluding carboxylic acids is 6. The van der Waals surface area contributed by atoms with Crippen LogP contribution in [0.3, 0.4) is 0 Å². The molecule has 13 nitrogen and oxygen atoms in total. The Morgan fingerprint density at radius 3 is 1.98 bits per heavy atom. The number of benzene rings is 1. The number of fused-ring (bicyclic) bond motifs is 5. The van der Waals surface area contributed by atoms with E-state index in [1.54, 1.807) is 39.0 Å². The normalized spacial score (nSPS) is 36.5. The van der Waals surface area contributed by atoms with Gasteiger partial charge in [0.1, 0.15) is 30.0 Å². The fourth-order valence-electron chi connectivity index (χ4n) is 8.57. The SMILES string of the molecule is CC(=O)O[C@H]1C(=O)[C@@]2(C)C([C@H](OC(=O)c3ccccc3)[C@]3(O)C[C@H](OC(C)=O)C(C)=C1C3(C)C)[C@]1(OC(C)=O)CO[C@@H]1C[C@@H]2OC(C)=O. The predicted octanol–water partition coefficient (Wildman–Crippen LogP) is 2.79. The summed E-state index contributed by atoms with van der Waals surface area (Å²) >= 11 is 0. The van der Waals surface area contributed by atoms with Gasteiger partial charge in [-0.05, 0) is 37.1 Å². The summed E-state index contributed by atoms with van der Waals surface area (Å²) < 4.78 is 35.6. The van der Waals surface area contributed by atoms with E-state index in [-0.39, 0.29) is 30.6 Å². The van der Waals surface area contributed by atoms with E-state index in [1.807, 2.05) is 0 Å². The van der Waals surface area contributed by atoms with Crippen LogP contribution in [0.2, 0.25) is 0 Å². The van der Waals surface area contributed by atoms with E-state index < -0.39 is 94.1 Å². The molecule has 0 spiro atoms. The molecule has 2 bridgehead atoms. The summed E-state index contributed by atoms with van der Waals surface area (Å²) in [5, 5.41) is 13.3. The first-order chi connectivity index (χ1) is 22.3. The largest absolute Gasteiger partial charge is 0.461 e. The van der Waals surface area contributed by atoms with Crippen molar-refractivity contribution in [3.8, 4) is 0 Å². The van der Waals surface area contributed by atoms with Crippen LogP contribution in [0.4, 0.5) is 0 Å². The third kappa shape index (κ3) is 5.31. The van der Waals surface area contributed by atoms with Gasteiger partial charge in [-0.2, -0.15) is 0 Å². The Morgan fingerprint density at radius 1 is 0.854 bits per heavy atom. The highest BCUT2D eigenvalue weighted by Gasteiger charge is 2.79. The first-order valence-corrected chi connectivity index (χ1v) is 15.9. The molecule has 1 aromatic carbocycles. The highest BCUT2D eigenvalue weighted by Crippen LogP contribution is 2.65. The van der Waals surface area contributed by atoms with E-state index in [9.17, 15) is 29.1 Å². The number of hydrogen-bond donors (Lipinski definition) is 1. The van der Waals surface area contributed by atoms with Gasteiger partial charge in [-0.3, -0.25) is 24.0 Å². The maximum Gasteiger partial charge on any atom is 0.338 e. The number of esters is 5. The third-order valence-corrected chi connectivity index (χ3v) is 10.8. The summed E-state index contributed by atoms with van der Waals surface area (Å²) in [7, 11) is 0. The molecule has 1 aromatic rings. The molecular formula is C35H42O13. The van der Waals surface area contributed by atoms with Crippen molar-refractivity contribution < 1.29 is 62.3 Å². The van der Waals surface area contributed by atoms with Gasteiger partial charge < -0.3 is 33.5 Å². The molecule has 9 atom stereocenters. The van der Waals surface area contributed by atoms with Gasteiger partial charge in [-0.15, -0.1) is 0 Å². The lowest BCUT2D eigenvalue weighted by atomic mass is 9.44. The van der Waals surface area contributed by atoms with Gasteiger partial charge in [0.05, 0.1) is 23.5 Å². The van der Waals surface area contributed by atoms with E-state index >= 15 is 4.79 Å². The first kappa shape index (κ1) is 35.2. The summed E-state index contributed by atoms with van der Waals surface area (Å²) in [6.45, 7) is 10.7. The molecule has 260 valence electrons. The van der Waals surface area contributed by atoms with Gasteiger partial charge in [0.15, 0.2) is 17.5 Å². The van der Waals surface area contributed by atoms with Crippen molar-refractivity contribution in [1.29, 1.82) is 0 Å². The number of ketones is 1. The van der Waals surface area contributed by atoms with E-state index in [1.165, 1.54) is 39.8 Å². The molecular weight excluding hydrogens is 628 g/mol. The van der Waals surface area contributed by atoms with Gasteiger partial charge in [0.25, 0.3) is 0 Å². The quantitative estimate of drug-likeness (QED) is 0.266. The molecule has 13 heteroatoms. The highest BCUT2D eigenvalue weighted by molar-refractivity contribution is 5.96. The van der Waals surface area contributed by atoms with Crippen LogP contribution in [-0.2, 0) is 52.4 Å². The van der Waals surface area contributed by atoms with Crippen LogP contribution in [0.15, 0.2) is 41.5 Å². The van der Waals surface area contributed by atoms with Crippen molar-refractivity contribution in [1.82, 2.24) is 0 Å². The summed E-state index contributed by atoms with van der Waals surface area (Å²) in [5.74, 6) is -6.04. The van der Waals surface area contributed by atoms with Crippen LogP contribution in [0.1, 0.15) is 78.6 Å². The molecule has 1 saturated heterocycles. The lowest BCUT2D eigenvalue weighted by molar-refractivity contribution is -0.346. The molecule has 1 N–H and O–H groups in total. The van der Waals surface area contributed by atoms with E-state index in [4.69, 9.17) is 28.4 Å². The number of Topliss-reactive ketones (excluding diaryl/α,β-unsaturated/α-hetero) is 1. The Hall–Kier alpha value is -4.10. The van der Waals surface area contributed by atoms with E-state index in [0.717, 1.165) is 6.92 Å². The minimum absolute atomic E-state index is 0.104. The number of rotatable bonds is 6. The first-order valence-electron chi connectivity index (χ1n) is 15.9. The molecule has 1 aliphatic heterocycles. The van der Waals surface area contributed by atoms with Crippen molar-refractivity contribution in [3.05, 3.63) is 47.0 Å². The lowest BCUT2D eigenvalue weighted by Crippen LogP contribution is -2.82. The van der Waals surface area contributed by atoms with Gasteiger partial charge in [-0.25, -0.2) is 4.79 Å². The topological polar surface area (TPSA) is 178 Å². The minimum atomic E-state index is -2.19. The van der Waals surface area contributed by atoms with Crippen molar-refractivity contribution in [3.63, 3.8) is 0 Å². The smallest absolute Gasteiger partial charge is 0.338 e. The second-order valence-electron chi connectivity index (χ2n) is 13.9. The Kier molecular flexibility index (Phi) is 8.88. The zero-order valence-electron chi connectivity index (χ0n) is 28.3. The molecule has 5 rings (SSSR count). The average Bonchev–Trinajstić information content (AvgIpc) is 2.97. The van der Waals surface area contributed by atoms with Gasteiger partial charge in [-0.1, -0.05) is 32.0 Å². The maximum absolute atomic E-state index is 15.3. The fourth-order valence-corrected chi connectivity index (χ4v) is 8.57. The zero-order valence-corrected chi connectivity index (χ0v) is 28.3. The molecule has 1 heterocycles. The monoisotopic (exact) mass is 670 g/mol. The van der Waals surface area contributed by atoms with Gasteiger partial charge in [0.2, 0.25) is 0 Å². The molecule has 3 aliphatic carbocycles. The third-order valence-electron chi connectivity index (χ3n) is 10.8. The molecule has 0 aromatic heterocycles. The van der Waals surface area contributed by atoms with Crippen LogP contribution >= 0.6 is 0 Å². The summed E-state index contributed by atoms with van der Waals surface area (Å²) in [5.41, 5.74) is -6.69. The van der Waals surface area contributed by atoms with Crippen LogP contribution in [0.25, 0.3) is 0 Å². The van der Waals surface area contributed by atoms with Gasteiger partial charge in [0, 0.05) is 46.0 Å². The molecule has 1 unspecified atom stereocenters. The van der Waals surface area contributed by atoms with E-state index in [0.29, 0.717) is 5.57 Å². The number of ether oxygens (including phenoxy) is 6. The van der Waals surface area contributed by atoms with Crippen molar-refractivity contribution in [2.45, 2.75) is 110 Å². The predicted molar refractivity (Wildman–Crippen MR) is 164 cm³/mol. The zero-order chi connectivity index (χ0) is 35.6. The lowest BCUT2D eigenvalue weighted by Gasteiger charge is -2.67. The molecule has 3 fully saturated rings. The Labute approximate surface area is 278 Å². The maximum atomic E-state index is 15.3. The average molecular weight is 671 g/mol. The summed E-state index contributed by atoms with van der Waals surface area (Å²) in [6, 6.07) is 7.98. The Bertz CT molecular complexity index is 1580. The second-order valence-corrected chi connectivity index (χ2v) is 13.9. The Morgan fingerprint density at radius 2 is 1.46 bits per heavy atom. The highest BCUT2D eigenvalue weighted by atomic mass is 16.6.